The second-order valence-electron chi connectivity index (χ2n) is 3.24. The fourth-order valence-corrected chi connectivity index (χ4v) is 1.44. The van der Waals surface area contributed by atoms with E-state index in [2.05, 4.69) is 0 Å². The molecule has 0 aliphatic carbocycles. The van der Waals surface area contributed by atoms with Crippen molar-refractivity contribution in [1.29, 1.82) is 0 Å². The van der Waals surface area contributed by atoms with Gasteiger partial charge in [0, 0.05) is 12.0 Å². The van der Waals surface area contributed by atoms with E-state index >= 15 is 0 Å². The SMILES string of the molecule is C.CCCC(=O)c1ccc2c(c1)OCO2. The van der Waals surface area contributed by atoms with Gasteiger partial charge in [0.15, 0.2) is 17.3 Å². The summed E-state index contributed by atoms with van der Waals surface area (Å²) in [6.07, 6.45) is 1.45. The summed E-state index contributed by atoms with van der Waals surface area (Å²) in [5.41, 5.74) is 0.705. The Labute approximate surface area is 90.0 Å². The lowest BCUT2D eigenvalue weighted by atomic mass is 10.1. The van der Waals surface area contributed by atoms with Crippen molar-refractivity contribution in [2.75, 3.05) is 6.79 Å². The first-order chi connectivity index (χ1) is 6.81. The molecular weight excluding hydrogens is 192 g/mol. The van der Waals surface area contributed by atoms with E-state index in [1.165, 1.54) is 0 Å². The van der Waals surface area contributed by atoms with Gasteiger partial charge < -0.3 is 9.47 Å². The Hall–Kier alpha value is -1.51. The van der Waals surface area contributed by atoms with Gasteiger partial charge >= 0.3 is 0 Å². The van der Waals surface area contributed by atoms with Crippen molar-refractivity contribution in [3.05, 3.63) is 23.8 Å². The predicted molar refractivity (Wildman–Crippen MR) is 58.5 cm³/mol. The molecule has 0 atom stereocenters. The van der Waals surface area contributed by atoms with Crippen molar-refractivity contribution in [3.63, 3.8) is 0 Å². The first kappa shape index (κ1) is 11.6. The van der Waals surface area contributed by atoms with Crippen LogP contribution in [0.3, 0.4) is 0 Å². The zero-order valence-electron chi connectivity index (χ0n) is 8.08. The van der Waals surface area contributed by atoms with Crippen LogP contribution in [0.2, 0.25) is 0 Å². The predicted octanol–water partition coefficient (Wildman–Crippen LogP) is 3.03. The van der Waals surface area contributed by atoms with E-state index in [9.17, 15) is 4.79 Å². The van der Waals surface area contributed by atoms with Gasteiger partial charge in [-0.05, 0) is 24.6 Å². The quantitative estimate of drug-likeness (QED) is 0.716. The van der Waals surface area contributed by atoms with E-state index in [1.54, 1.807) is 18.2 Å². The first-order valence-electron chi connectivity index (χ1n) is 4.74. The van der Waals surface area contributed by atoms with Crippen LogP contribution in [-0.2, 0) is 0 Å². The van der Waals surface area contributed by atoms with Gasteiger partial charge in [0.2, 0.25) is 6.79 Å². The highest BCUT2D eigenvalue weighted by atomic mass is 16.7. The highest BCUT2D eigenvalue weighted by molar-refractivity contribution is 5.96. The number of hydrogen-bond acceptors (Lipinski definition) is 3. The minimum absolute atomic E-state index is 0. The van der Waals surface area contributed by atoms with E-state index in [-0.39, 0.29) is 20.0 Å². The van der Waals surface area contributed by atoms with E-state index < -0.39 is 0 Å². The molecule has 2 rings (SSSR count). The molecule has 0 aromatic heterocycles. The number of ketones is 1. The highest BCUT2D eigenvalue weighted by Gasteiger charge is 2.15. The van der Waals surface area contributed by atoms with Crippen LogP contribution in [-0.4, -0.2) is 12.6 Å². The molecule has 3 heteroatoms. The summed E-state index contributed by atoms with van der Waals surface area (Å²) < 4.78 is 10.4. The largest absolute Gasteiger partial charge is 0.454 e. The average molecular weight is 208 g/mol. The molecule has 1 aliphatic heterocycles. The third kappa shape index (κ3) is 2.29. The molecule has 0 saturated carbocycles. The Balaban J connectivity index is 0.00000112. The number of hydrogen-bond donors (Lipinski definition) is 0. The third-order valence-electron chi connectivity index (χ3n) is 2.17. The Morgan fingerprint density at radius 3 is 2.80 bits per heavy atom. The minimum Gasteiger partial charge on any atom is -0.454 e. The maximum absolute atomic E-state index is 11.5. The molecule has 0 N–H and O–H groups in total. The van der Waals surface area contributed by atoms with Crippen LogP contribution in [0, 0.1) is 0 Å². The van der Waals surface area contributed by atoms with Crippen LogP contribution in [0.5, 0.6) is 11.5 Å². The van der Waals surface area contributed by atoms with Crippen LogP contribution in [0.4, 0.5) is 0 Å². The molecule has 1 aromatic rings. The first-order valence-corrected chi connectivity index (χ1v) is 4.74. The highest BCUT2D eigenvalue weighted by Crippen LogP contribution is 2.32. The zero-order chi connectivity index (χ0) is 9.97. The summed E-state index contributed by atoms with van der Waals surface area (Å²) in [5.74, 6) is 1.55. The van der Waals surface area contributed by atoms with Crippen LogP contribution in [0.15, 0.2) is 18.2 Å². The number of carbonyl (C=O) groups excluding carboxylic acids is 1. The molecular formula is C12H16O3. The summed E-state index contributed by atoms with van der Waals surface area (Å²) in [6, 6.07) is 5.32. The van der Waals surface area contributed by atoms with Crippen molar-refractivity contribution in [2.45, 2.75) is 27.2 Å². The van der Waals surface area contributed by atoms with Crippen molar-refractivity contribution in [1.82, 2.24) is 0 Å². The van der Waals surface area contributed by atoms with Crippen molar-refractivity contribution in [2.24, 2.45) is 0 Å². The molecule has 0 spiro atoms. The molecule has 1 aliphatic rings. The van der Waals surface area contributed by atoms with Crippen LogP contribution in [0.1, 0.15) is 37.6 Å². The second-order valence-corrected chi connectivity index (χ2v) is 3.24. The topological polar surface area (TPSA) is 35.5 Å². The molecule has 0 amide bonds. The lowest BCUT2D eigenvalue weighted by molar-refractivity contribution is 0.0981. The van der Waals surface area contributed by atoms with Gasteiger partial charge in [-0.3, -0.25) is 4.79 Å². The Morgan fingerprint density at radius 2 is 2.07 bits per heavy atom. The van der Waals surface area contributed by atoms with Gasteiger partial charge in [0.1, 0.15) is 0 Å². The summed E-state index contributed by atoms with van der Waals surface area (Å²) >= 11 is 0. The fourth-order valence-electron chi connectivity index (χ4n) is 1.44. The standard InChI is InChI=1S/C11H12O3.CH4/c1-2-3-9(12)8-4-5-10-11(6-8)14-7-13-10;/h4-6H,2-3,7H2,1H3;1H4. The molecule has 0 saturated heterocycles. The number of fused-ring (bicyclic) bond motifs is 1. The molecule has 0 radical (unpaired) electrons. The van der Waals surface area contributed by atoms with Gasteiger partial charge in [-0.2, -0.15) is 0 Å². The maximum atomic E-state index is 11.5. The van der Waals surface area contributed by atoms with Gasteiger partial charge in [0.05, 0.1) is 0 Å². The van der Waals surface area contributed by atoms with Crippen LogP contribution >= 0.6 is 0 Å². The summed E-state index contributed by atoms with van der Waals surface area (Å²) in [5, 5.41) is 0. The van der Waals surface area contributed by atoms with Crippen LogP contribution in [0.25, 0.3) is 0 Å². The summed E-state index contributed by atoms with van der Waals surface area (Å²) in [7, 11) is 0. The molecule has 0 fully saturated rings. The molecule has 3 nitrogen and oxygen atoms in total. The average Bonchev–Trinajstić information content (AvgIpc) is 2.64. The Kier molecular flexibility index (Phi) is 3.72. The summed E-state index contributed by atoms with van der Waals surface area (Å²) in [4.78, 5) is 11.5. The number of rotatable bonds is 3. The monoisotopic (exact) mass is 208 g/mol. The number of Topliss-reactive ketones (excluding diaryl/α,β-unsaturated/α-hetero) is 1. The lowest BCUT2D eigenvalue weighted by Crippen LogP contribution is -1.97. The second kappa shape index (κ2) is 4.82. The smallest absolute Gasteiger partial charge is 0.231 e. The van der Waals surface area contributed by atoms with Crippen LogP contribution < -0.4 is 9.47 Å². The number of ether oxygens (including phenoxy) is 2. The van der Waals surface area contributed by atoms with E-state index in [1.807, 2.05) is 6.92 Å². The molecule has 0 bridgehead atoms. The Bertz CT molecular complexity index is 358. The van der Waals surface area contributed by atoms with Gasteiger partial charge in [-0.15, -0.1) is 0 Å². The zero-order valence-corrected chi connectivity index (χ0v) is 8.08. The van der Waals surface area contributed by atoms with Gasteiger partial charge in [-0.1, -0.05) is 14.4 Å². The molecule has 1 aromatic carbocycles. The maximum Gasteiger partial charge on any atom is 0.231 e. The third-order valence-corrected chi connectivity index (χ3v) is 2.17. The van der Waals surface area contributed by atoms with E-state index in [0.29, 0.717) is 17.7 Å². The van der Waals surface area contributed by atoms with Gasteiger partial charge in [0.25, 0.3) is 0 Å². The molecule has 15 heavy (non-hydrogen) atoms. The Morgan fingerprint density at radius 1 is 1.33 bits per heavy atom. The summed E-state index contributed by atoms with van der Waals surface area (Å²) in [6.45, 7) is 2.24. The van der Waals surface area contributed by atoms with E-state index in [4.69, 9.17) is 9.47 Å². The minimum atomic E-state index is 0. The fraction of sp³-hybridized carbons (Fsp3) is 0.417. The molecule has 1 heterocycles. The lowest BCUT2D eigenvalue weighted by Gasteiger charge is -2.00. The molecule has 0 unspecified atom stereocenters. The molecule has 82 valence electrons. The van der Waals surface area contributed by atoms with Crippen molar-refractivity contribution < 1.29 is 14.3 Å². The van der Waals surface area contributed by atoms with Crippen molar-refractivity contribution >= 4 is 5.78 Å². The van der Waals surface area contributed by atoms with Gasteiger partial charge in [-0.25, -0.2) is 0 Å². The normalized spacial score (nSPS) is 12.1. The number of benzene rings is 1. The number of carbonyl (C=O) groups is 1. The van der Waals surface area contributed by atoms with Crippen molar-refractivity contribution in [3.8, 4) is 11.5 Å². The van der Waals surface area contributed by atoms with E-state index in [0.717, 1.165) is 12.2 Å².